The molecule has 2 aliphatic carbocycles. The van der Waals surface area contributed by atoms with Crippen LogP contribution in [0.1, 0.15) is 62.8 Å². The van der Waals surface area contributed by atoms with E-state index in [0.717, 1.165) is 44.9 Å². The first-order chi connectivity index (χ1) is 15.3. The number of hydrogen-bond donors (Lipinski definition) is 2. The number of rotatable bonds is 9. The van der Waals surface area contributed by atoms with E-state index in [2.05, 4.69) is 4.98 Å². The first kappa shape index (κ1) is 24.0. The van der Waals surface area contributed by atoms with Crippen molar-refractivity contribution in [3.63, 3.8) is 0 Å². The minimum absolute atomic E-state index is 0.0544. The number of ether oxygens (including phenoxy) is 2. The number of carbonyl (C=O) groups is 1. The van der Waals surface area contributed by atoms with Crippen molar-refractivity contribution >= 4 is 11.8 Å². The second-order valence-electron chi connectivity index (χ2n) is 8.61. The third-order valence-electron chi connectivity index (χ3n) is 5.82. The topological polar surface area (TPSA) is 107 Å². The maximum atomic E-state index is 13.7. The van der Waals surface area contributed by atoms with Gasteiger partial charge in [-0.15, -0.1) is 0 Å². The summed E-state index contributed by atoms with van der Waals surface area (Å²) in [6, 6.07) is 2.98. The predicted molar refractivity (Wildman–Crippen MR) is 116 cm³/mol. The van der Waals surface area contributed by atoms with Crippen LogP contribution in [0, 0.1) is 5.92 Å². The third-order valence-corrected chi connectivity index (χ3v) is 5.82. The van der Waals surface area contributed by atoms with Crippen LogP contribution in [0.3, 0.4) is 0 Å². The van der Waals surface area contributed by atoms with Gasteiger partial charge in [-0.1, -0.05) is 6.42 Å². The highest BCUT2D eigenvalue weighted by atomic mass is 19.3. The number of aromatic nitrogens is 1. The van der Waals surface area contributed by atoms with E-state index in [1.54, 1.807) is 7.05 Å². The maximum absolute atomic E-state index is 13.7. The number of pyridine rings is 1. The normalized spacial score (nSPS) is 17.7. The Bertz CT molecular complexity index is 824. The van der Waals surface area contributed by atoms with Crippen LogP contribution in [0.2, 0.25) is 0 Å². The highest BCUT2D eigenvalue weighted by Crippen LogP contribution is 2.32. The summed E-state index contributed by atoms with van der Waals surface area (Å²) in [5, 5.41) is 1.19. The maximum Gasteiger partial charge on any atom is 0.409 e. The van der Waals surface area contributed by atoms with Gasteiger partial charge in [0.05, 0.1) is 23.2 Å². The molecule has 2 aliphatic rings. The molecule has 0 aliphatic heterocycles. The molecule has 2 fully saturated rings. The van der Waals surface area contributed by atoms with Crippen LogP contribution in [-0.4, -0.2) is 54.3 Å². The summed E-state index contributed by atoms with van der Waals surface area (Å²) in [6.07, 6.45) is 3.68. The zero-order valence-corrected chi connectivity index (χ0v) is 18.7. The number of nitrogens with zero attached hydrogens (tertiary/aromatic N) is 3. The van der Waals surface area contributed by atoms with Crippen LogP contribution in [0.5, 0.6) is 5.75 Å². The van der Waals surface area contributed by atoms with Crippen molar-refractivity contribution in [3.05, 3.63) is 29.2 Å². The minimum Gasteiger partial charge on any atom is -0.488 e. The zero-order valence-electron chi connectivity index (χ0n) is 18.7. The molecule has 2 saturated carbocycles. The van der Waals surface area contributed by atoms with Gasteiger partial charge in [-0.25, -0.2) is 24.4 Å². The molecule has 0 radical (unpaired) electrons. The van der Waals surface area contributed by atoms with Crippen molar-refractivity contribution < 1.29 is 23.0 Å². The van der Waals surface area contributed by atoms with E-state index < -0.39 is 18.2 Å². The number of likely N-dealkylation sites (N-methyl/N-ethyl adjacent to an activating group) is 1. The summed E-state index contributed by atoms with van der Waals surface area (Å²) in [4.78, 5) is 17.8. The molecule has 1 aromatic rings. The van der Waals surface area contributed by atoms with E-state index in [9.17, 15) is 13.6 Å². The molecule has 0 bridgehead atoms. The van der Waals surface area contributed by atoms with Crippen LogP contribution in [0.15, 0.2) is 17.8 Å². The second-order valence-corrected chi connectivity index (χ2v) is 8.61. The fraction of sp³-hybridized carbons (Fsp3) is 0.636. The summed E-state index contributed by atoms with van der Waals surface area (Å²) in [5.74, 6) is 6.46. The Kier molecular flexibility index (Phi) is 8.11. The Hall–Kier alpha value is -2.62. The number of halogens is 2. The van der Waals surface area contributed by atoms with E-state index in [4.69, 9.17) is 21.1 Å². The molecule has 3 rings (SSSR count). The van der Waals surface area contributed by atoms with E-state index in [0.29, 0.717) is 12.5 Å². The lowest BCUT2D eigenvalue weighted by molar-refractivity contribution is 0.112. The van der Waals surface area contributed by atoms with Gasteiger partial charge in [-0.3, -0.25) is 0 Å². The number of alkyl halides is 2. The lowest BCUT2D eigenvalue weighted by Crippen LogP contribution is -2.34. The van der Waals surface area contributed by atoms with Crippen molar-refractivity contribution in [3.8, 4) is 5.75 Å². The second kappa shape index (κ2) is 10.8. The van der Waals surface area contributed by atoms with Gasteiger partial charge in [-0.05, 0) is 56.6 Å². The van der Waals surface area contributed by atoms with Gasteiger partial charge >= 0.3 is 6.09 Å². The smallest absolute Gasteiger partial charge is 0.409 e. The van der Waals surface area contributed by atoms with Crippen LogP contribution >= 0.6 is 0 Å². The average Bonchev–Trinajstić information content (AvgIpc) is 3.58. The van der Waals surface area contributed by atoms with Gasteiger partial charge in [0.2, 0.25) is 0 Å². The molecule has 0 spiro atoms. The number of hydrazine groups is 1. The van der Waals surface area contributed by atoms with Crippen molar-refractivity contribution in [1.29, 1.82) is 0 Å². The van der Waals surface area contributed by atoms with Gasteiger partial charge in [0.1, 0.15) is 18.1 Å². The molecule has 32 heavy (non-hydrogen) atoms. The van der Waals surface area contributed by atoms with Gasteiger partial charge < -0.3 is 25.1 Å². The Morgan fingerprint density at radius 2 is 1.88 bits per heavy atom. The molecule has 0 saturated heterocycles. The summed E-state index contributed by atoms with van der Waals surface area (Å²) >= 11 is 0. The molecule has 8 nitrogen and oxygen atoms in total. The molecule has 0 unspecified atom stereocenters. The Morgan fingerprint density at radius 3 is 2.47 bits per heavy atom. The molecule has 1 aromatic heterocycles. The summed E-state index contributed by atoms with van der Waals surface area (Å²) < 4.78 is 38.6. The third kappa shape index (κ3) is 6.44. The van der Waals surface area contributed by atoms with E-state index in [1.807, 2.05) is 0 Å². The number of amides is 1. The summed E-state index contributed by atoms with van der Waals surface area (Å²) in [7, 11) is 3.19. The first-order valence-electron chi connectivity index (χ1n) is 11.1. The van der Waals surface area contributed by atoms with Gasteiger partial charge in [-0.2, -0.15) is 0 Å². The average molecular weight is 454 g/mol. The molecule has 1 amide bonds. The molecule has 1 heterocycles. The summed E-state index contributed by atoms with van der Waals surface area (Å²) in [6.45, 7) is 0.423. The number of carbonyl (C=O) groups excluding carboxylic acids is 1. The van der Waals surface area contributed by atoms with Crippen LogP contribution in [0.4, 0.5) is 13.6 Å². The van der Waals surface area contributed by atoms with Crippen molar-refractivity contribution in [2.75, 3.05) is 27.2 Å². The Morgan fingerprint density at radius 1 is 1.19 bits per heavy atom. The van der Waals surface area contributed by atoms with Crippen LogP contribution < -0.4 is 16.3 Å². The lowest BCUT2D eigenvalue weighted by atomic mass is 9.98. The fourth-order valence-electron chi connectivity index (χ4n) is 3.75. The highest BCUT2D eigenvalue weighted by molar-refractivity contribution is 5.68. The van der Waals surface area contributed by atoms with Crippen LogP contribution in [-0.2, 0) is 4.74 Å². The molecule has 0 atom stereocenters. The quantitative estimate of drug-likeness (QED) is 0.434. The molecule has 178 valence electrons. The highest BCUT2D eigenvalue weighted by Gasteiger charge is 2.26. The minimum atomic E-state index is -2.82. The van der Waals surface area contributed by atoms with E-state index in [-0.39, 0.29) is 35.5 Å². The number of nitrogens with two attached hydrogens (primary N) is 2. The fourth-order valence-corrected chi connectivity index (χ4v) is 3.75. The van der Waals surface area contributed by atoms with Crippen molar-refractivity contribution in [2.45, 2.75) is 57.5 Å². The van der Waals surface area contributed by atoms with Gasteiger partial charge in [0, 0.05) is 20.6 Å². The predicted octanol–water partition coefficient (Wildman–Crippen LogP) is 3.64. The molecule has 4 N–H and O–H groups in total. The SMILES string of the molecule is CN(CC1CC1)C(=O)OC/C(=C(/N)c1ccc(OC2CCCCC2)c(C(F)F)n1)N(C)N. The first-order valence-corrected chi connectivity index (χ1v) is 11.1. The van der Waals surface area contributed by atoms with Crippen LogP contribution in [0.25, 0.3) is 5.70 Å². The van der Waals surface area contributed by atoms with E-state index in [1.165, 1.54) is 29.1 Å². The van der Waals surface area contributed by atoms with E-state index >= 15 is 0 Å². The summed E-state index contributed by atoms with van der Waals surface area (Å²) in [5.41, 5.74) is 6.17. The number of hydrogen-bond acceptors (Lipinski definition) is 7. The van der Waals surface area contributed by atoms with Crippen molar-refractivity contribution in [1.82, 2.24) is 14.9 Å². The molecular weight excluding hydrogens is 420 g/mol. The lowest BCUT2D eigenvalue weighted by Gasteiger charge is -2.24. The molecule has 0 aromatic carbocycles. The standard InChI is InChI=1S/C22H33F2N5O3/c1-28(12-14-8-9-14)22(30)31-13-17(29(2)26)19(25)16-10-11-18(20(27-16)21(23)24)32-15-6-4-3-5-7-15/h10-11,14-15,21H,3-9,12-13,25-26H2,1-2H3/b19-17-. The molecule has 10 heteroatoms. The van der Waals surface area contributed by atoms with Gasteiger partial charge in [0.25, 0.3) is 6.43 Å². The Balaban J connectivity index is 1.75. The zero-order chi connectivity index (χ0) is 23.3. The molecular formula is C22H33F2N5O3. The largest absolute Gasteiger partial charge is 0.488 e. The van der Waals surface area contributed by atoms with Crippen molar-refractivity contribution in [2.24, 2.45) is 17.5 Å². The Labute approximate surface area is 187 Å². The van der Waals surface area contributed by atoms with Gasteiger partial charge in [0.15, 0.2) is 0 Å². The monoisotopic (exact) mass is 453 g/mol.